The minimum absolute atomic E-state index is 0.239. The summed E-state index contributed by atoms with van der Waals surface area (Å²) in [5.41, 5.74) is 1.06. The summed E-state index contributed by atoms with van der Waals surface area (Å²) in [5, 5.41) is 10.1. The predicted octanol–water partition coefficient (Wildman–Crippen LogP) is 4.55. The van der Waals surface area contributed by atoms with E-state index in [1.54, 1.807) is 0 Å². The van der Waals surface area contributed by atoms with Crippen molar-refractivity contribution in [1.29, 1.82) is 0 Å². The Morgan fingerprint density at radius 3 is 2.00 bits per heavy atom. The van der Waals surface area contributed by atoms with E-state index in [0.717, 1.165) is 31.2 Å². The van der Waals surface area contributed by atoms with Crippen molar-refractivity contribution in [1.82, 2.24) is 0 Å². The molecule has 2 heteroatoms. The topological polar surface area (TPSA) is 37.3 Å². The van der Waals surface area contributed by atoms with E-state index in [-0.39, 0.29) is 11.3 Å². The average Bonchev–Trinajstić information content (AvgIpc) is 2.84. The molecular formula is C18H26O2. The Morgan fingerprint density at radius 1 is 1.10 bits per heavy atom. The molecule has 1 N–H and O–H groups in total. The molecule has 0 aliphatic heterocycles. The zero-order valence-corrected chi connectivity index (χ0v) is 13.1. The lowest BCUT2D eigenvalue weighted by Crippen LogP contribution is -2.52. The van der Waals surface area contributed by atoms with Crippen LogP contribution in [0.3, 0.4) is 0 Å². The summed E-state index contributed by atoms with van der Waals surface area (Å²) in [5.74, 6) is -0.427. The Labute approximate surface area is 122 Å². The van der Waals surface area contributed by atoms with Crippen LogP contribution in [0.2, 0.25) is 0 Å². The van der Waals surface area contributed by atoms with Crippen molar-refractivity contribution in [2.75, 3.05) is 0 Å². The van der Waals surface area contributed by atoms with Crippen LogP contribution in [0, 0.1) is 18.3 Å². The molecule has 1 aromatic rings. The van der Waals surface area contributed by atoms with E-state index in [4.69, 9.17) is 0 Å². The quantitative estimate of drug-likeness (QED) is 0.877. The van der Waals surface area contributed by atoms with Crippen molar-refractivity contribution in [3.8, 4) is 0 Å². The molecule has 1 fully saturated rings. The first-order chi connectivity index (χ1) is 9.30. The lowest BCUT2D eigenvalue weighted by Gasteiger charge is -2.46. The Kier molecular flexibility index (Phi) is 3.95. The predicted molar refractivity (Wildman–Crippen MR) is 81.9 cm³/mol. The highest BCUT2D eigenvalue weighted by atomic mass is 16.4. The van der Waals surface area contributed by atoms with Gasteiger partial charge in [0.1, 0.15) is 5.41 Å². The van der Waals surface area contributed by atoms with Crippen LogP contribution in [0.25, 0.3) is 0 Å². The molecule has 0 bridgehead atoms. The van der Waals surface area contributed by atoms with Crippen molar-refractivity contribution < 1.29 is 9.90 Å². The minimum atomic E-state index is -0.781. The maximum absolute atomic E-state index is 12.3. The van der Waals surface area contributed by atoms with Crippen LogP contribution in [0.4, 0.5) is 0 Å². The van der Waals surface area contributed by atoms with Crippen molar-refractivity contribution in [2.45, 2.75) is 58.8 Å². The third-order valence-corrected chi connectivity index (χ3v) is 4.99. The number of rotatable bonds is 3. The van der Waals surface area contributed by atoms with E-state index >= 15 is 0 Å². The summed E-state index contributed by atoms with van der Waals surface area (Å²) in [4.78, 5) is 12.3. The molecule has 0 heterocycles. The smallest absolute Gasteiger partial charge is 0.314 e. The molecule has 20 heavy (non-hydrogen) atoms. The highest BCUT2D eigenvalue weighted by molar-refractivity contribution is 5.83. The highest BCUT2D eigenvalue weighted by Crippen LogP contribution is 2.52. The summed E-state index contributed by atoms with van der Waals surface area (Å²) in [7, 11) is 0. The molecule has 1 aliphatic carbocycles. The molecule has 1 saturated carbocycles. The van der Waals surface area contributed by atoms with Gasteiger partial charge < -0.3 is 5.11 Å². The van der Waals surface area contributed by atoms with Gasteiger partial charge in [0.15, 0.2) is 0 Å². The van der Waals surface area contributed by atoms with Gasteiger partial charge in [-0.25, -0.2) is 0 Å². The second-order valence-electron chi connectivity index (χ2n) is 7.21. The third kappa shape index (κ3) is 2.25. The zero-order chi connectivity index (χ0) is 15.0. The van der Waals surface area contributed by atoms with E-state index in [2.05, 4.69) is 20.8 Å². The second-order valence-corrected chi connectivity index (χ2v) is 7.21. The Bertz CT molecular complexity index is 475. The van der Waals surface area contributed by atoms with Crippen LogP contribution in [0.15, 0.2) is 24.3 Å². The van der Waals surface area contributed by atoms with E-state index in [9.17, 15) is 9.90 Å². The summed E-state index contributed by atoms with van der Waals surface area (Å²) in [6, 6.07) is 8.11. The number of aliphatic carboxylic acids is 1. The molecule has 0 spiro atoms. The summed E-state index contributed by atoms with van der Waals surface area (Å²) in [6.07, 6.45) is 4.36. The van der Waals surface area contributed by atoms with Gasteiger partial charge in [-0.3, -0.25) is 4.79 Å². The largest absolute Gasteiger partial charge is 0.481 e. The van der Waals surface area contributed by atoms with E-state index in [1.165, 1.54) is 5.56 Å². The van der Waals surface area contributed by atoms with Crippen molar-refractivity contribution in [3.05, 3.63) is 35.4 Å². The number of aryl methyl sites for hydroxylation is 1. The third-order valence-electron chi connectivity index (χ3n) is 4.99. The van der Waals surface area contributed by atoms with Gasteiger partial charge >= 0.3 is 5.97 Å². The first kappa shape index (κ1) is 15.1. The molecule has 0 radical (unpaired) electrons. The van der Waals surface area contributed by atoms with E-state index < -0.39 is 11.4 Å². The molecule has 2 rings (SSSR count). The maximum Gasteiger partial charge on any atom is 0.314 e. The van der Waals surface area contributed by atoms with Gasteiger partial charge in [-0.15, -0.1) is 0 Å². The van der Waals surface area contributed by atoms with Crippen LogP contribution >= 0.6 is 0 Å². The van der Waals surface area contributed by atoms with Gasteiger partial charge in [0.05, 0.1) is 0 Å². The summed E-state index contributed by atoms with van der Waals surface area (Å²) in [6.45, 7) is 8.25. The first-order valence-corrected chi connectivity index (χ1v) is 7.60. The van der Waals surface area contributed by atoms with Gasteiger partial charge in [0, 0.05) is 0 Å². The second kappa shape index (κ2) is 5.23. The first-order valence-electron chi connectivity index (χ1n) is 7.60. The fourth-order valence-electron chi connectivity index (χ4n) is 4.08. The molecule has 1 aliphatic rings. The van der Waals surface area contributed by atoms with Gasteiger partial charge in [0.25, 0.3) is 0 Å². The number of carbonyl (C=O) groups is 1. The van der Waals surface area contributed by atoms with E-state index in [0.29, 0.717) is 0 Å². The van der Waals surface area contributed by atoms with Gasteiger partial charge in [-0.2, -0.15) is 0 Å². The molecular weight excluding hydrogens is 248 g/mol. The summed E-state index contributed by atoms with van der Waals surface area (Å²) >= 11 is 0. The monoisotopic (exact) mass is 274 g/mol. The Hall–Kier alpha value is -1.31. The number of hydrogen-bond acceptors (Lipinski definition) is 1. The SMILES string of the molecule is Cc1ccc(C(C(=O)O)(C2CCCC2)C(C)(C)C)cc1. The minimum Gasteiger partial charge on any atom is -0.481 e. The molecule has 0 amide bonds. The van der Waals surface area contributed by atoms with Crippen LogP contribution in [0.1, 0.15) is 57.6 Å². The molecule has 0 saturated heterocycles. The number of carboxylic acids is 1. The van der Waals surface area contributed by atoms with Crippen LogP contribution in [-0.4, -0.2) is 11.1 Å². The summed E-state index contributed by atoms with van der Waals surface area (Å²) < 4.78 is 0. The van der Waals surface area contributed by atoms with Gasteiger partial charge in [-0.1, -0.05) is 63.4 Å². The van der Waals surface area contributed by atoms with Crippen molar-refractivity contribution in [3.63, 3.8) is 0 Å². The highest BCUT2D eigenvalue weighted by Gasteiger charge is 2.55. The normalized spacial score (nSPS) is 19.8. The van der Waals surface area contributed by atoms with Crippen molar-refractivity contribution >= 4 is 5.97 Å². The molecule has 1 aromatic carbocycles. The van der Waals surface area contributed by atoms with E-state index in [1.807, 2.05) is 31.2 Å². The standard InChI is InChI=1S/C18H26O2/c1-13-9-11-15(12-10-13)18(16(19)20,17(2,3)4)14-7-5-6-8-14/h9-12,14H,5-8H2,1-4H3,(H,19,20). The molecule has 0 aromatic heterocycles. The molecule has 2 nitrogen and oxygen atoms in total. The maximum atomic E-state index is 12.3. The van der Waals surface area contributed by atoms with Crippen molar-refractivity contribution in [2.24, 2.45) is 11.3 Å². The lowest BCUT2D eigenvalue weighted by molar-refractivity contribution is -0.152. The number of hydrogen-bond donors (Lipinski definition) is 1. The lowest BCUT2D eigenvalue weighted by atomic mass is 9.55. The van der Waals surface area contributed by atoms with Gasteiger partial charge in [0.2, 0.25) is 0 Å². The Balaban J connectivity index is 2.63. The Morgan fingerprint density at radius 2 is 1.60 bits per heavy atom. The average molecular weight is 274 g/mol. The number of benzene rings is 1. The van der Waals surface area contributed by atoms with Crippen LogP contribution in [0.5, 0.6) is 0 Å². The molecule has 1 unspecified atom stereocenters. The van der Waals surface area contributed by atoms with Gasteiger partial charge in [-0.05, 0) is 36.7 Å². The number of carboxylic acid groups (broad SMARTS) is 1. The van der Waals surface area contributed by atoms with Crippen LogP contribution in [-0.2, 0) is 10.2 Å². The fraction of sp³-hybridized carbons (Fsp3) is 0.611. The molecule has 110 valence electrons. The fourth-order valence-corrected chi connectivity index (χ4v) is 4.08. The molecule has 1 atom stereocenters. The van der Waals surface area contributed by atoms with Crippen LogP contribution < -0.4 is 0 Å². The zero-order valence-electron chi connectivity index (χ0n) is 13.1.